The molecule has 0 atom stereocenters. The van der Waals surface area contributed by atoms with Gasteiger partial charge in [0, 0.05) is 5.38 Å². The van der Waals surface area contributed by atoms with E-state index in [0.717, 1.165) is 5.01 Å². The number of aryl methyl sites for hydroxylation is 1. The molecule has 1 aromatic rings. The summed E-state index contributed by atoms with van der Waals surface area (Å²) in [5, 5.41) is 5.36. The zero-order valence-corrected chi connectivity index (χ0v) is 8.65. The van der Waals surface area contributed by atoms with Crippen molar-refractivity contribution in [3.63, 3.8) is 0 Å². The van der Waals surface area contributed by atoms with E-state index in [0.29, 0.717) is 5.69 Å². The molecule has 13 heavy (non-hydrogen) atoms. The molecule has 0 spiro atoms. The molecule has 0 N–H and O–H groups in total. The molecule has 0 radical (unpaired) electrons. The van der Waals surface area contributed by atoms with Crippen molar-refractivity contribution in [2.24, 2.45) is 5.16 Å². The third-order valence-corrected chi connectivity index (χ3v) is 2.18. The number of aromatic nitrogens is 1. The largest absolute Gasteiger partial charge is 0.398 e. The van der Waals surface area contributed by atoms with Crippen molar-refractivity contribution in [1.82, 2.24) is 4.98 Å². The summed E-state index contributed by atoms with van der Waals surface area (Å²) in [5.74, 6) is 0. The van der Waals surface area contributed by atoms with Gasteiger partial charge in [-0.2, -0.15) is 0 Å². The topological polar surface area (TPSA) is 51.5 Å². The first kappa shape index (κ1) is 10.1. The summed E-state index contributed by atoms with van der Waals surface area (Å²) < 4.78 is 0. The molecular weight excluding hydrogens is 212 g/mol. The average Bonchev–Trinajstić information content (AvgIpc) is 2.46. The van der Waals surface area contributed by atoms with Gasteiger partial charge in [-0.1, -0.05) is 5.16 Å². The molecule has 0 aliphatic carbocycles. The lowest BCUT2D eigenvalue weighted by molar-refractivity contribution is -0.106. The molecule has 1 heterocycles. The summed E-state index contributed by atoms with van der Waals surface area (Å²) in [4.78, 5) is 19.4. The molecule has 0 bridgehead atoms. The van der Waals surface area contributed by atoms with Gasteiger partial charge in [-0.3, -0.25) is 4.79 Å². The van der Waals surface area contributed by atoms with E-state index < -0.39 is 5.24 Å². The highest BCUT2D eigenvalue weighted by Gasteiger charge is 2.15. The lowest BCUT2D eigenvalue weighted by Crippen LogP contribution is -2.10. The summed E-state index contributed by atoms with van der Waals surface area (Å²) in [7, 11) is 1.35. The van der Waals surface area contributed by atoms with Crippen LogP contribution in [0.3, 0.4) is 0 Å². The first-order valence-electron chi connectivity index (χ1n) is 3.38. The van der Waals surface area contributed by atoms with Crippen LogP contribution in [0.15, 0.2) is 10.5 Å². The fourth-order valence-corrected chi connectivity index (χ4v) is 1.48. The maximum Gasteiger partial charge on any atom is 0.276 e. The van der Waals surface area contributed by atoms with Crippen LogP contribution < -0.4 is 0 Å². The van der Waals surface area contributed by atoms with Gasteiger partial charge in [0.15, 0.2) is 5.71 Å². The molecule has 1 aromatic heterocycles. The van der Waals surface area contributed by atoms with Crippen molar-refractivity contribution in [2.75, 3.05) is 7.11 Å². The first-order valence-corrected chi connectivity index (χ1v) is 4.64. The molecule has 0 aliphatic heterocycles. The number of rotatable bonds is 3. The molecule has 4 nitrogen and oxygen atoms in total. The Balaban J connectivity index is 3.02. The third kappa shape index (κ3) is 2.50. The van der Waals surface area contributed by atoms with Gasteiger partial charge in [0.2, 0.25) is 0 Å². The normalized spacial score (nSPS) is 11.5. The minimum absolute atomic E-state index is 0.0357. The number of halogens is 1. The van der Waals surface area contributed by atoms with E-state index >= 15 is 0 Å². The predicted octanol–water partition coefficient (Wildman–Crippen LogP) is 1.57. The van der Waals surface area contributed by atoms with Crippen LogP contribution in [-0.2, 0) is 9.63 Å². The second kappa shape index (κ2) is 4.34. The number of oxime groups is 1. The molecule has 0 fully saturated rings. The van der Waals surface area contributed by atoms with Crippen molar-refractivity contribution in [2.45, 2.75) is 6.92 Å². The SMILES string of the molecule is CO/N=C(\C(=O)Cl)c1csc(C)n1. The molecule has 0 aromatic carbocycles. The van der Waals surface area contributed by atoms with Crippen LogP contribution in [0.2, 0.25) is 0 Å². The highest BCUT2D eigenvalue weighted by Crippen LogP contribution is 2.10. The van der Waals surface area contributed by atoms with Gasteiger partial charge in [-0.05, 0) is 18.5 Å². The Morgan fingerprint density at radius 2 is 2.46 bits per heavy atom. The standard InChI is InChI=1S/C7H7ClN2O2S/c1-4-9-5(3-13-4)6(7(8)11)10-12-2/h3H,1-2H3/b10-6-. The summed E-state index contributed by atoms with van der Waals surface area (Å²) in [6, 6.07) is 0. The number of thiazole rings is 1. The van der Waals surface area contributed by atoms with Crippen molar-refractivity contribution in [3.8, 4) is 0 Å². The molecule has 6 heteroatoms. The highest BCUT2D eigenvalue weighted by atomic mass is 35.5. The molecule has 0 saturated heterocycles. The maximum absolute atomic E-state index is 10.9. The number of hydrogen-bond donors (Lipinski definition) is 0. The van der Waals surface area contributed by atoms with E-state index in [4.69, 9.17) is 11.6 Å². The quantitative estimate of drug-likeness (QED) is 0.440. The van der Waals surface area contributed by atoms with Crippen molar-refractivity contribution in [1.29, 1.82) is 0 Å². The fraction of sp³-hybridized carbons (Fsp3) is 0.286. The Morgan fingerprint density at radius 3 is 2.85 bits per heavy atom. The Labute approximate surface area is 84.2 Å². The summed E-state index contributed by atoms with van der Waals surface area (Å²) in [5.41, 5.74) is 0.484. The van der Waals surface area contributed by atoms with Crippen LogP contribution >= 0.6 is 22.9 Å². The van der Waals surface area contributed by atoms with Crippen LogP contribution in [0.25, 0.3) is 0 Å². The zero-order valence-electron chi connectivity index (χ0n) is 7.07. The number of nitrogens with zero attached hydrogens (tertiary/aromatic N) is 2. The van der Waals surface area contributed by atoms with Crippen LogP contribution in [0.5, 0.6) is 0 Å². The minimum Gasteiger partial charge on any atom is -0.398 e. The Morgan fingerprint density at radius 1 is 1.77 bits per heavy atom. The van der Waals surface area contributed by atoms with Crippen LogP contribution in [0.4, 0.5) is 0 Å². The van der Waals surface area contributed by atoms with Gasteiger partial charge in [-0.15, -0.1) is 11.3 Å². The van der Waals surface area contributed by atoms with Gasteiger partial charge in [0.1, 0.15) is 12.8 Å². The summed E-state index contributed by atoms with van der Waals surface area (Å²) in [6.45, 7) is 1.83. The van der Waals surface area contributed by atoms with Crippen molar-refractivity contribution < 1.29 is 9.63 Å². The van der Waals surface area contributed by atoms with Crippen LogP contribution in [0, 0.1) is 6.92 Å². The van der Waals surface area contributed by atoms with Crippen LogP contribution in [0.1, 0.15) is 10.7 Å². The van der Waals surface area contributed by atoms with Gasteiger partial charge >= 0.3 is 0 Å². The third-order valence-electron chi connectivity index (χ3n) is 1.23. The Hall–Kier alpha value is -0.940. The van der Waals surface area contributed by atoms with Gasteiger partial charge in [-0.25, -0.2) is 4.98 Å². The molecule has 0 amide bonds. The molecule has 70 valence electrons. The second-order valence-corrected chi connectivity index (χ2v) is 3.55. The summed E-state index contributed by atoms with van der Waals surface area (Å²) >= 11 is 6.70. The van der Waals surface area contributed by atoms with Crippen LogP contribution in [-0.4, -0.2) is 23.0 Å². The fourth-order valence-electron chi connectivity index (χ4n) is 0.747. The maximum atomic E-state index is 10.9. The van der Waals surface area contributed by atoms with E-state index in [9.17, 15) is 4.79 Å². The predicted molar refractivity (Wildman–Crippen MR) is 51.3 cm³/mol. The molecule has 0 unspecified atom stereocenters. The zero-order chi connectivity index (χ0) is 9.84. The van der Waals surface area contributed by atoms with E-state index in [2.05, 4.69) is 15.0 Å². The number of carbonyl (C=O) groups excluding carboxylic acids is 1. The van der Waals surface area contributed by atoms with Crippen molar-refractivity contribution >= 4 is 33.9 Å². The second-order valence-electron chi connectivity index (χ2n) is 2.15. The van der Waals surface area contributed by atoms with E-state index in [1.54, 1.807) is 5.38 Å². The lowest BCUT2D eigenvalue weighted by atomic mass is 10.3. The highest BCUT2D eigenvalue weighted by molar-refractivity contribution is 7.10. The lowest BCUT2D eigenvalue weighted by Gasteiger charge is -1.94. The number of hydrogen-bond acceptors (Lipinski definition) is 5. The monoisotopic (exact) mass is 218 g/mol. The minimum atomic E-state index is -0.674. The summed E-state index contributed by atoms with van der Waals surface area (Å²) in [6.07, 6.45) is 0. The Kier molecular flexibility index (Phi) is 3.39. The van der Waals surface area contributed by atoms with E-state index in [1.165, 1.54) is 18.4 Å². The van der Waals surface area contributed by atoms with Gasteiger partial charge in [0.05, 0.1) is 5.01 Å². The van der Waals surface area contributed by atoms with Crippen molar-refractivity contribution in [3.05, 3.63) is 16.1 Å². The average molecular weight is 219 g/mol. The smallest absolute Gasteiger partial charge is 0.276 e. The Bertz CT molecular complexity index is 348. The van der Waals surface area contributed by atoms with E-state index in [-0.39, 0.29) is 5.71 Å². The molecular formula is C7H7ClN2O2S. The van der Waals surface area contributed by atoms with Gasteiger partial charge < -0.3 is 4.84 Å². The molecule has 0 aliphatic rings. The first-order chi connectivity index (χ1) is 6.15. The van der Waals surface area contributed by atoms with E-state index in [1.807, 2.05) is 6.92 Å². The number of carbonyl (C=O) groups is 1. The van der Waals surface area contributed by atoms with Gasteiger partial charge in [0.25, 0.3) is 5.24 Å². The molecule has 0 saturated carbocycles. The molecule has 1 rings (SSSR count).